The molecule has 1 saturated heterocycles. The number of nitrogens with one attached hydrogen (secondary N) is 1. The lowest BCUT2D eigenvalue weighted by atomic mass is 9.99. The first-order valence-electron chi connectivity index (χ1n) is 9.10. The number of carbonyl (C=O) groups is 1. The molecule has 2 aromatic carbocycles. The van der Waals surface area contributed by atoms with Crippen molar-refractivity contribution in [3.05, 3.63) is 60.2 Å². The van der Waals surface area contributed by atoms with Crippen LogP contribution in [0, 0.1) is 5.92 Å². The fraction of sp³-hybridized carbons (Fsp3) is 0.350. The third-order valence-electron chi connectivity index (χ3n) is 4.71. The van der Waals surface area contributed by atoms with E-state index in [-0.39, 0.29) is 24.0 Å². The van der Waals surface area contributed by atoms with Gasteiger partial charge >= 0.3 is 0 Å². The highest BCUT2D eigenvalue weighted by Gasteiger charge is 2.33. The smallest absolute Gasteiger partial charge is 0.247 e. The van der Waals surface area contributed by atoms with E-state index in [1.165, 1.54) is 23.5 Å². The lowest BCUT2D eigenvalue weighted by Gasteiger charge is -2.31. The lowest BCUT2D eigenvalue weighted by molar-refractivity contribution is -0.140. The van der Waals surface area contributed by atoms with Crippen molar-refractivity contribution in [2.45, 2.75) is 24.3 Å². The lowest BCUT2D eigenvalue weighted by Crippen LogP contribution is -2.45. The zero-order valence-corrected chi connectivity index (χ0v) is 16.5. The zero-order valence-electron chi connectivity index (χ0n) is 15.7. The first kappa shape index (κ1) is 20.3. The second kappa shape index (κ2) is 9.18. The standard InChI is InChI=1S/C20H24N2O5S/c1-26-18-9-11-19(12-10-18)28(24,25)22-13-5-8-17(14-22)20(23)21-27-15-16-6-3-2-4-7-16/h2-4,6-7,9-12,17H,5,8,13-15H2,1H3,(H,21,23)/t17-/m0/s1. The van der Waals surface area contributed by atoms with Gasteiger partial charge in [0.25, 0.3) is 0 Å². The van der Waals surface area contributed by atoms with Crippen LogP contribution in [0.4, 0.5) is 0 Å². The highest BCUT2D eigenvalue weighted by molar-refractivity contribution is 7.89. The van der Waals surface area contributed by atoms with Crippen molar-refractivity contribution in [3.63, 3.8) is 0 Å². The minimum Gasteiger partial charge on any atom is -0.497 e. The van der Waals surface area contributed by atoms with Crippen molar-refractivity contribution in [2.24, 2.45) is 5.92 Å². The van der Waals surface area contributed by atoms with E-state index < -0.39 is 15.9 Å². The Bertz CT molecular complexity index is 885. The molecule has 2 aromatic rings. The maximum absolute atomic E-state index is 12.9. The van der Waals surface area contributed by atoms with Crippen LogP contribution < -0.4 is 10.2 Å². The molecule has 0 saturated carbocycles. The van der Waals surface area contributed by atoms with Gasteiger partial charge in [0.05, 0.1) is 24.5 Å². The molecule has 0 aromatic heterocycles. The predicted octanol–water partition coefficient (Wildman–Crippen LogP) is 2.34. The molecule has 0 bridgehead atoms. The Hall–Kier alpha value is -2.42. The van der Waals surface area contributed by atoms with Gasteiger partial charge in [0, 0.05) is 13.1 Å². The van der Waals surface area contributed by atoms with Crippen LogP contribution in [-0.4, -0.2) is 38.8 Å². The largest absolute Gasteiger partial charge is 0.497 e. The first-order chi connectivity index (χ1) is 13.5. The Labute approximate surface area is 165 Å². The molecule has 1 aliphatic rings. The molecule has 150 valence electrons. The summed E-state index contributed by atoms with van der Waals surface area (Å²) in [6.45, 7) is 0.783. The SMILES string of the molecule is COc1ccc(S(=O)(=O)N2CCC[C@H](C(=O)NOCc3ccccc3)C2)cc1. The van der Waals surface area contributed by atoms with E-state index in [0.29, 0.717) is 25.1 Å². The van der Waals surface area contributed by atoms with Crippen LogP contribution >= 0.6 is 0 Å². The summed E-state index contributed by atoms with van der Waals surface area (Å²) in [6.07, 6.45) is 1.24. The summed E-state index contributed by atoms with van der Waals surface area (Å²) >= 11 is 0. The Morgan fingerprint density at radius 2 is 1.86 bits per heavy atom. The van der Waals surface area contributed by atoms with E-state index in [2.05, 4.69) is 5.48 Å². The van der Waals surface area contributed by atoms with E-state index in [1.807, 2.05) is 30.3 Å². The first-order valence-corrected chi connectivity index (χ1v) is 10.5. The van der Waals surface area contributed by atoms with Crippen LogP contribution in [-0.2, 0) is 26.3 Å². The molecule has 0 unspecified atom stereocenters. The van der Waals surface area contributed by atoms with E-state index in [4.69, 9.17) is 9.57 Å². The minimum absolute atomic E-state index is 0.134. The van der Waals surface area contributed by atoms with Crippen LogP contribution in [0.1, 0.15) is 18.4 Å². The highest BCUT2D eigenvalue weighted by atomic mass is 32.2. The number of rotatable bonds is 7. The van der Waals surface area contributed by atoms with E-state index >= 15 is 0 Å². The number of methoxy groups -OCH3 is 1. The van der Waals surface area contributed by atoms with E-state index in [0.717, 1.165) is 5.56 Å². The molecule has 1 atom stereocenters. The van der Waals surface area contributed by atoms with Gasteiger partial charge in [-0.2, -0.15) is 4.31 Å². The summed E-state index contributed by atoms with van der Waals surface area (Å²) in [6, 6.07) is 15.7. The summed E-state index contributed by atoms with van der Waals surface area (Å²) in [5.74, 6) is -0.159. The number of piperidine rings is 1. The summed E-state index contributed by atoms with van der Waals surface area (Å²) in [4.78, 5) is 17.9. The van der Waals surface area contributed by atoms with Gasteiger partial charge in [0.2, 0.25) is 15.9 Å². The second-order valence-electron chi connectivity index (χ2n) is 6.62. The number of carbonyl (C=O) groups excluding carboxylic acids is 1. The van der Waals surface area contributed by atoms with Gasteiger partial charge in [0.15, 0.2) is 0 Å². The Kier molecular flexibility index (Phi) is 6.66. The molecule has 8 heteroatoms. The van der Waals surface area contributed by atoms with Crippen molar-refractivity contribution in [2.75, 3.05) is 20.2 Å². The van der Waals surface area contributed by atoms with E-state index in [1.54, 1.807) is 12.1 Å². The van der Waals surface area contributed by atoms with Crippen molar-refractivity contribution < 1.29 is 22.8 Å². The van der Waals surface area contributed by atoms with Gasteiger partial charge in [-0.15, -0.1) is 0 Å². The summed E-state index contributed by atoms with van der Waals surface area (Å²) in [7, 11) is -2.13. The van der Waals surface area contributed by atoms with Crippen molar-refractivity contribution in [3.8, 4) is 5.75 Å². The Balaban J connectivity index is 1.58. The third-order valence-corrected chi connectivity index (χ3v) is 6.59. The zero-order chi connectivity index (χ0) is 20.0. The molecule has 1 N–H and O–H groups in total. The highest BCUT2D eigenvalue weighted by Crippen LogP contribution is 2.25. The molecule has 28 heavy (non-hydrogen) atoms. The van der Waals surface area contributed by atoms with E-state index in [9.17, 15) is 13.2 Å². The number of sulfonamides is 1. The fourth-order valence-electron chi connectivity index (χ4n) is 3.12. The normalized spacial score (nSPS) is 17.8. The number of amides is 1. The Morgan fingerprint density at radius 1 is 1.14 bits per heavy atom. The minimum atomic E-state index is -3.66. The van der Waals surface area contributed by atoms with Crippen molar-refractivity contribution >= 4 is 15.9 Å². The molecular formula is C20H24N2O5S. The summed E-state index contributed by atoms with van der Waals surface area (Å²) < 4.78 is 32.2. The molecular weight excluding hydrogens is 380 g/mol. The molecule has 1 fully saturated rings. The van der Waals surface area contributed by atoms with Gasteiger partial charge in [-0.3, -0.25) is 9.63 Å². The number of ether oxygens (including phenoxy) is 1. The van der Waals surface area contributed by atoms with Gasteiger partial charge in [-0.25, -0.2) is 13.9 Å². The Morgan fingerprint density at radius 3 is 2.54 bits per heavy atom. The quantitative estimate of drug-likeness (QED) is 0.716. The average Bonchev–Trinajstić information content (AvgIpc) is 2.74. The molecule has 3 rings (SSSR count). The molecule has 0 radical (unpaired) electrons. The van der Waals surface area contributed by atoms with Gasteiger partial charge < -0.3 is 4.74 Å². The van der Waals surface area contributed by atoms with Gasteiger partial charge in [-0.1, -0.05) is 30.3 Å². The summed E-state index contributed by atoms with van der Waals surface area (Å²) in [5, 5.41) is 0. The number of nitrogens with zero attached hydrogens (tertiary/aromatic N) is 1. The maximum atomic E-state index is 12.9. The number of hydroxylamine groups is 1. The maximum Gasteiger partial charge on any atom is 0.247 e. The van der Waals surface area contributed by atoms with Crippen molar-refractivity contribution in [1.29, 1.82) is 0 Å². The molecule has 0 spiro atoms. The number of benzene rings is 2. The summed E-state index contributed by atoms with van der Waals surface area (Å²) in [5.41, 5.74) is 3.39. The molecule has 1 heterocycles. The molecule has 1 amide bonds. The van der Waals surface area contributed by atoms with Gasteiger partial charge in [0.1, 0.15) is 5.75 Å². The van der Waals surface area contributed by atoms with Crippen molar-refractivity contribution in [1.82, 2.24) is 9.79 Å². The second-order valence-corrected chi connectivity index (χ2v) is 8.56. The average molecular weight is 404 g/mol. The monoisotopic (exact) mass is 404 g/mol. The third kappa shape index (κ3) is 4.89. The number of hydrogen-bond donors (Lipinski definition) is 1. The van der Waals surface area contributed by atoms with Gasteiger partial charge in [-0.05, 0) is 42.7 Å². The fourth-order valence-corrected chi connectivity index (χ4v) is 4.64. The van der Waals surface area contributed by atoms with Crippen LogP contribution in [0.15, 0.2) is 59.5 Å². The molecule has 7 nitrogen and oxygen atoms in total. The topological polar surface area (TPSA) is 84.9 Å². The molecule has 0 aliphatic carbocycles. The van der Waals surface area contributed by atoms with Crippen LogP contribution in [0.25, 0.3) is 0 Å². The van der Waals surface area contributed by atoms with Crippen LogP contribution in [0.3, 0.4) is 0 Å². The van der Waals surface area contributed by atoms with Crippen LogP contribution in [0.2, 0.25) is 0 Å². The predicted molar refractivity (Wildman–Crippen MR) is 104 cm³/mol. The van der Waals surface area contributed by atoms with Crippen LogP contribution in [0.5, 0.6) is 5.75 Å². The molecule has 1 aliphatic heterocycles. The number of hydrogen-bond acceptors (Lipinski definition) is 5.